The van der Waals surface area contributed by atoms with Crippen molar-refractivity contribution in [3.63, 3.8) is 0 Å². The van der Waals surface area contributed by atoms with Crippen LogP contribution in [-0.4, -0.2) is 38.1 Å². The van der Waals surface area contributed by atoms with E-state index in [2.05, 4.69) is 20.6 Å². The maximum absolute atomic E-state index is 12.0. The van der Waals surface area contributed by atoms with Gasteiger partial charge in [-0.15, -0.1) is 0 Å². The van der Waals surface area contributed by atoms with Gasteiger partial charge in [-0.3, -0.25) is 9.59 Å². The molecule has 0 atom stereocenters. The van der Waals surface area contributed by atoms with Crippen molar-refractivity contribution in [3.8, 4) is 17.2 Å². The third kappa shape index (κ3) is 3.66. The minimum Gasteiger partial charge on any atom is -0.505 e. The molecule has 0 spiro atoms. The van der Waals surface area contributed by atoms with E-state index in [1.54, 1.807) is 24.1 Å². The third-order valence-electron chi connectivity index (χ3n) is 3.41. The molecule has 0 fully saturated rings. The van der Waals surface area contributed by atoms with E-state index in [-0.39, 0.29) is 12.2 Å². The van der Waals surface area contributed by atoms with Gasteiger partial charge in [-0.05, 0) is 30.3 Å². The van der Waals surface area contributed by atoms with Crippen LogP contribution < -0.4 is 15.6 Å². The van der Waals surface area contributed by atoms with E-state index < -0.39 is 17.2 Å². The van der Waals surface area contributed by atoms with Crippen LogP contribution in [0.3, 0.4) is 0 Å². The highest BCUT2D eigenvalue weighted by Gasteiger charge is 2.14. The molecule has 1 amide bonds. The Morgan fingerprint density at radius 1 is 1.32 bits per heavy atom. The summed E-state index contributed by atoms with van der Waals surface area (Å²) in [6.07, 6.45) is 1.76. The normalized spacial score (nSPS) is 10.4. The summed E-state index contributed by atoms with van der Waals surface area (Å²) in [5, 5.41) is 22.1. The lowest BCUT2D eigenvalue weighted by molar-refractivity contribution is 0.0941. The minimum absolute atomic E-state index is 0.141. The van der Waals surface area contributed by atoms with Gasteiger partial charge >= 0.3 is 0 Å². The summed E-state index contributed by atoms with van der Waals surface area (Å²) in [6.45, 7) is 0.141. The van der Waals surface area contributed by atoms with E-state index in [4.69, 9.17) is 4.74 Å². The van der Waals surface area contributed by atoms with Crippen LogP contribution in [-0.2, 0) is 6.54 Å². The summed E-state index contributed by atoms with van der Waals surface area (Å²) in [4.78, 5) is 23.0. The topological polar surface area (TPSA) is 122 Å². The number of aromatic nitrogens is 4. The fraction of sp³-hybridized carbons (Fsp3) is 0.125. The van der Waals surface area contributed by atoms with Gasteiger partial charge in [-0.25, -0.2) is 9.78 Å². The monoisotopic (exact) mass is 341 g/mol. The molecule has 9 nitrogen and oxygen atoms in total. The van der Waals surface area contributed by atoms with Crippen molar-refractivity contribution >= 4 is 5.91 Å². The first-order valence-electron chi connectivity index (χ1n) is 7.32. The molecule has 0 aliphatic heterocycles. The van der Waals surface area contributed by atoms with Crippen LogP contribution in [0, 0.1) is 0 Å². The van der Waals surface area contributed by atoms with Gasteiger partial charge in [0.05, 0.1) is 25.0 Å². The summed E-state index contributed by atoms with van der Waals surface area (Å²) in [5.74, 6) is -0.352. The van der Waals surface area contributed by atoms with Crippen molar-refractivity contribution in [1.29, 1.82) is 0 Å². The number of aromatic amines is 1. The Morgan fingerprint density at radius 3 is 2.76 bits per heavy atom. The molecule has 9 heteroatoms. The molecule has 3 rings (SSSR count). The zero-order valence-electron chi connectivity index (χ0n) is 13.3. The Balaban J connectivity index is 1.66. The van der Waals surface area contributed by atoms with Gasteiger partial charge in [0.2, 0.25) is 0 Å². The average molecular weight is 341 g/mol. The predicted molar refractivity (Wildman–Crippen MR) is 87.8 cm³/mol. The van der Waals surface area contributed by atoms with Crippen LogP contribution in [0.2, 0.25) is 0 Å². The SMILES string of the molecule is COc1ccc(-n2ccc(CNC(=O)c3n[nH]c(=O)cc3O)n2)cc1. The van der Waals surface area contributed by atoms with Crippen LogP contribution in [0.15, 0.2) is 47.4 Å². The van der Waals surface area contributed by atoms with Gasteiger partial charge in [-0.2, -0.15) is 10.2 Å². The maximum Gasteiger partial charge on any atom is 0.275 e. The second kappa shape index (κ2) is 6.87. The van der Waals surface area contributed by atoms with E-state index in [0.717, 1.165) is 17.5 Å². The molecule has 3 N–H and O–H groups in total. The Morgan fingerprint density at radius 2 is 2.08 bits per heavy atom. The molecule has 0 unspecified atom stereocenters. The van der Waals surface area contributed by atoms with Gasteiger partial charge in [0.1, 0.15) is 5.75 Å². The Kier molecular flexibility index (Phi) is 4.46. The zero-order chi connectivity index (χ0) is 17.8. The number of amides is 1. The van der Waals surface area contributed by atoms with Gasteiger partial charge < -0.3 is 15.2 Å². The number of rotatable bonds is 5. The summed E-state index contributed by atoms with van der Waals surface area (Å²) >= 11 is 0. The molecule has 0 aliphatic carbocycles. The van der Waals surface area contributed by atoms with Crippen molar-refractivity contribution in [2.75, 3.05) is 7.11 Å². The second-order valence-corrected chi connectivity index (χ2v) is 5.10. The molecule has 0 saturated heterocycles. The lowest BCUT2D eigenvalue weighted by Crippen LogP contribution is -2.25. The number of methoxy groups -OCH3 is 1. The van der Waals surface area contributed by atoms with Gasteiger partial charge in [-0.1, -0.05) is 0 Å². The highest BCUT2D eigenvalue weighted by Crippen LogP contribution is 2.14. The number of aromatic hydroxyl groups is 1. The number of carbonyl (C=O) groups excluding carboxylic acids is 1. The fourth-order valence-electron chi connectivity index (χ4n) is 2.15. The lowest BCUT2D eigenvalue weighted by atomic mass is 10.3. The Bertz CT molecular complexity index is 946. The second-order valence-electron chi connectivity index (χ2n) is 5.10. The van der Waals surface area contributed by atoms with Gasteiger partial charge in [0, 0.05) is 12.3 Å². The molecule has 2 heterocycles. The lowest BCUT2D eigenvalue weighted by Gasteiger charge is -2.04. The number of nitrogens with one attached hydrogen (secondary N) is 2. The number of ether oxygens (including phenoxy) is 1. The highest BCUT2D eigenvalue weighted by atomic mass is 16.5. The Hall–Kier alpha value is -3.62. The highest BCUT2D eigenvalue weighted by molar-refractivity contribution is 5.94. The standard InChI is InChI=1S/C16H15N5O4/c1-25-12-4-2-11(3-5-12)21-7-6-10(20-21)9-17-16(24)15-13(22)8-14(23)18-19-15/h2-8H,9H2,1H3,(H,17,24)(H2,18,22,23). The zero-order valence-corrected chi connectivity index (χ0v) is 13.3. The average Bonchev–Trinajstić information content (AvgIpc) is 3.09. The molecule has 128 valence electrons. The number of hydrogen-bond acceptors (Lipinski definition) is 6. The number of benzene rings is 1. The molecule has 25 heavy (non-hydrogen) atoms. The van der Waals surface area contributed by atoms with Gasteiger partial charge in [0.25, 0.3) is 11.5 Å². The van der Waals surface area contributed by atoms with E-state index in [1.165, 1.54) is 0 Å². The molecule has 0 bridgehead atoms. The molecule has 1 aromatic carbocycles. The van der Waals surface area contributed by atoms with E-state index in [0.29, 0.717) is 5.69 Å². The molecular formula is C16H15N5O4. The number of H-pyrrole nitrogens is 1. The smallest absolute Gasteiger partial charge is 0.275 e. The van der Waals surface area contributed by atoms with Crippen LogP contribution in [0.5, 0.6) is 11.5 Å². The van der Waals surface area contributed by atoms with Crippen LogP contribution in [0.1, 0.15) is 16.2 Å². The summed E-state index contributed by atoms with van der Waals surface area (Å²) < 4.78 is 6.77. The molecule has 2 aromatic heterocycles. The van der Waals surface area contributed by atoms with Crippen LogP contribution in [0.4, 0.5) is 0 Å². The first-order chi connectivity index (χ1) is 12.1. The maximum atomic E-state index is 12.0. The number of hydrogen-bond donors (Lipinski definition) is 3. The summed E-state index contributed by atoms with van der Waals surface area (Å²) in [7, 11) is 1.60. The van der Waals surface area contributed by atoms with Gasteiger partial charge in [0.15, 0.2) is 11.4 Å². The van der Waals surface area contributed by atoms with Crippen molar-refractivity contribution in [2.24, 2.45) is 0 Å². The largest absolute Gasteiger partial charge is 0.505 e. The molecule has 0 saturated carbocycles. The van der Waals surface area contributed by atoms with E-state index in [9.17, 15) is 14.7 Å². The van der Waals surface area contributed by atoms with E-state index in [1.807, 2.05) is 24.3 Å². The summed E-state index contributed by atoms with van der Waals surface area (Å²) in [5.41, 5.74) is 0.618. The first-order valence-corrected chi connectivity index (χ1v) is 7.32. The molecular weight excluding hydrogens is 326 g/mol. The van der Waals surface area contributed by atoms with Crippen molar-refractivity contribution in [2.45, 2.75) is 6.54 Å². The molecule has 3 aromatic rings. The van der Waals surface area contributed by atoms with Crippen LogP contribution >= 0.6 is 0 Å². The van der Waals surface area contributed by atoms with Crippen molar-refractivity contribution < 1.29 is 14.6 Å². The third-order valence-corrected chi connectivity index (χ3v) is 3.41. The molecule has 0 radical (unpaired) electrons. The van der Waals surface area contributed by atoms with Crippen molar-refractivity contribution in [1.82, 2.24) is 25.3 Å². The Labute approximate surface area is 141 Å². The van der Waals surface area contributed by atoms with Crippen molar-refractivity contribution in [3.05, 3.63) is 64.3 Å². The quantitative estimate of drug-likeness (QED) is 0.625. The number of nitrogens with zero attached hydrogens (tertiary/aromatic N) is 3. The predicted octanol–water partition coefficient (Wildman–Crippen LogP) is 0.600. The van der Waals surface area contributed by atoms with E-state index >= 15 is 0 Å². The fourth-order valence-corrected chi connectivity index (χ4v) is 2.15. The summed E-state index contributed by atoms with van der Waals surface area (Å²) in [6, 6.07) is 10.0. The first kappa shape index (κ1) is 16.2. The minimum atomic E-state index is -0.618. The van der Waals surface area contributed by atoms with Crippen LogP contribution in [0.25, 0.3) is 5.69 Å². The molecule has 0 aliphatic rings. The number of carbonyl (C=O) groups is 1.